The van der Waals surface area contributed by atoms with Crippen molar-refractivity contribution >= 4 is 5.69 Å². The molecule has 3 heteroatoms. The largest absolute Gasteiger partial charge is 0.361 e. The van der Waals surface area contributed by atoms with Gasteiger partial charge in [0.05, 0.1) is 12.3 Å². The zero-order valence-corrected chi connectivity index (χ0v) is 8.23. The van der Waals surface area contributed by atoms with E-state index in [4.69, 9.17) is 4.74 Å². The molecule has 3 rings (SSSR count). The molecule has 0 radical (unpaired) electrons. The Kier molecular flexibility index (Phi) is 1.96. The monoisotopic (exact) mass is 200 g/mol. The molecule has 1 aliphatic rings. The van der Waals surface area contributed by atoms with Gasteiger partial charge in [-0.1, -0.05) is 18.2 Å². The molecule has 1 aromatic carbocycles. The Morgan fingerprint density at radius 1 is 1.13 bits per heavy atom. The maximum absolute atomic E-state index is 5.71. The van der Waals surface area contributed by atoms with Crippen LogP contribution in [-0.2, 0) is 11.3 Å². The van der Waals surface area contributed by atoms with Crippen LogP contribution in [0, 0.1) is 0 Å². The van der Waals surface area contributed by atoms with E-state index in [1.807, 2.05) is 30.5 Å². The number of benzene rings is 1. The summed E-state index contributed by atoms with van der Waals surface area (Å²) in [6.07, 6.45) is 1.84. The Bertz CT molecular complexity index is 450. The number of rotatable bonds is 1. The van der Waals surface area contributed by atoms with Gasteiger partial charge < -0.3 is 15.0 Å². The third-order valence-corrected chi connectivity index (χ3v) is 2.61. The van der Waals surface area contributed by atoms with E-state index in [1.54, 1.807) is 0 Å². The van der Waals surface area contributed by atoms with Crippen molar-refractivity contribution in [3.63, 3.8) is 0 Å². The molecule has 2 heterocycles. The molecule has 0 amide bonds. The Morgan fingerprint density at radius 2 is 2.07 bits per heavy atom. The summed E-state index contributed by atoms with van der Waals surface area (Å²) in [4.78, 5) is 3.15. The molecule has 0 spiro atoms. The first-order chi connectivity index (χ1) is 7.43. The molecule has 0 bridgehead atoms. The fraction of sp³-hybridized carbons (Fsp3) is 0.167. The Morgan fingerprint density at radius 3 is 2.93 bits per heavy atom. The highest BCUT2D eigenvalue weighted by Crippen LogP contribution is 2.29. The van der Waals surface area contributed by atoms with Crippen molar-refractivity contribution in [2.24, 2.45) is 0 Å². The first kappa shape index (κ1) is 8.56. The number of anilines is 1. The molecule has 1 atom stereocenters. The van der Waals surface area contributed by atoms with E-state index < -0.39 is 0 Å². The number of aromatic nitrogens is 1. The summed E-state index contributed by atoms with van der Waals surface area (Å²) in [5.41, 5.74) is 3.42. The first-order valence-corrected chi connectivity index (χ1v) is 5.03. The Hall–Kier alpha value is -1.74. The lowest BCUT2D eigenvalue weighted by atomic mass is 10.1. The van der Waals surface area contributed by atoms with Crippen LogP contribution in [-0.4, -0.2) is 4.98 Å². The molecular formula is C12H12N2O. The van der Waals surface area contributed by atoms with Crippen LogP contribution < -0.4 is 5.32 Å². The average molecular weight is 200 g/mol. The van der Waals surface area contributed by atoms with Gasteiger partial charge in [0, 0.05) is 17.4 Å². The van der Waals surface area contributed by atoms with Crippen LogP contribution in [0.2, 0.25) is 0 Å². The lowest BCUT2D eigenvalue weighted by Crippen LogP contribution is -2.20. The number of fused-ring (bicyclic) bond motifs is 1. The van der Waals surface area contributed by atoms with E-state index in [0.29, 0.717) is 6.61 Å². The van der Waals surface area contributed by atoms with Gasteiger partial charge >= 0.3 is 0 Å². The van der Waals surface area contributed by atoms with Gasteiger partial charge in [-0.05, 0) is 18.2 Å². The van der Waals surface area contributed by atoms with Gasteiger partial charge in [0.25, 0.3) is 0 Å². The standard InChI is InChI=1S/C12H12N2O/c1-2-5-10-9(4-1)8-15-12(14-10)11-6-3-7-13-11/h1-7,12-14H,8H2. The predicted octanol–water partition coefficient (Wildman–Crippen LogP) is 2.66. The zero-order valence-electron chi connectivity index (χ0n) is 8.23. The van der Waals surface area contributed by atoms with Crippen molar-refractivity contribution in [2.75, 3.05) is 5.32 Å². The minimum absolute atomic E-state index is 0.0603. The topological polar surface area (TPSA) is 37.0 Å². The highest BCUT2D eigenvalue weighted by atomic mass is 16.5. The molecule has 1 aromatic heterocycles. The van der Waals surface area contributed by atoms with Crippen molar-refractivity contribution in [1.29, 1.82) is 0 Å². The van der Waals surface area contributed by atoms with Crippen molar-refractivity contribution < 1.29 is 4.74 Å². The molecule has 0 saturated heterocycles. The summed E-state index contributed by atoms with van der Waals surface area (Å²) >= 11 is 0. The van der Waals surface area contributed by atoms with Crippen molar-refractivity contribution in [3.8, 4) is 0 Å². The fourth-order valence-corrected chi connectivity index (χ4v) is 1.82. The summed E-state index contributed by atoms with van der Waals surface area (Å²) in [6.45, 7) is 0.660. The second-order valence-electron chi connectivity index (χ2n) is 3.62. The fourth-order valence-electron chi connectivity index (χ4n) is 1.82. The van der Waals surface area contributed by atoms with Crippen molar-refractivity contribution in [1.82, 2.24) is 4.98 Å². The van der Waals surface area contributed by atoms with Gasteiger partial charge in [-0.25, -0.2) is 0 Å². The lowest BCUT2D eigenvalue weighted by Gasteiger charge is -2.26. The molecule has 76 valence electrons. The van der Waals surface area contributed by atoms with E-state index in [2.05, 4.69) is 22.4 Å². The van der Waals surface area contributed by atoms with Crippen LogP contribution in [0.3, 0.4) is 0 Å². The third-order valence-electron chi connectivity index (χ3n) is 2.61. The van der Waals surface area contributed by atoms with Crippen LogP contribution in [0.5, 0.6) is 0 Å². The van der Waals surface area contributed by atoms with Gasteiger partial charge in [-0.15, -0.1) is 0 Å². The Balaban J connectivity index is 1.89. The summed E-state index contributed by atoms with van der Waals surface area (Å²) in [6, 6.07) is 12.2. The summed E-state index contributed by atoms with van der Waals surface area (Å²) in [7, 11) is 0. The quantitative estimate of drug-likeness (QED) is 0.742. The molecule has 15 heavy (non-hydrogen) atoms. The van der Waals surface area contributed by atoms with E-state index in [0.717, 1.165) is 11.4 Å². The minimum atomic E-state index is -0.0603. The van der Waals surface area contributed by atoms with E-state index >= 15 is 0 Å². The van der Waals surface area contributed by atoms with Crippen LogP contribution in [0.4, 0.5) is 5.69 Å². The van der Waals surface area contributed by atoms with Gasteiger partial charge in [0.2, 0.25) is 0 Å². The van der Waals surface area contributed by atoms with Gasteiger partial charge in [-0.2, -0.15) is 0 Å². The molecule has 1 aliphatic heterocycles. The normalized spacial score (nSPS) is 19.3. The Labute approximate surface area is 88.1 Å². The van der Waals surface area contributed by atoms with Gasteiger partial charge in [0.1, 0.15) is 0 Å². The first-order valence-electron chi connectivity index (χ1n) is 5.03. The number of nitrogens with one attached hydrogen (secondary N) is 2. The highest BCUT2D eigenvalue weighted by molar-refractivity contribution is 5.52. The second-order valence-corrected chi connectivity index (χ2v) is 3.62. The molecule has 3 nitrogen and oxygen atoms in total. The summed E-state index contributed by atoms with van der Waals surface area (Å²) < 4.78 is 5.71. The van der Waals surface area contributed by atoms with Crippen molar-refractivity contribution in [3.05, 3.63) is 53.9 Å². The second kappa shape index (κ2) is 3.44. The minimum Gasteiger partial charge on any atom is -0.361 e. The molecule has 0 fully saturated rings. The average Bonchev–Trinajstić information content (AvgIpc) is 2.82. The number of hydrogen-bond donors (Lipinski definition) is 2. The number of hydrogen-bond acceptors (Lipinski definition) is 2. The maximum Gasteiger partial charge on any atom is 0.169 e. The molecule has 0 aliphatic carbocycles. The van der Waals surface area contributed by atoms with Crippen LogP contribution >= 0.6 is 0 Å². The van der Waals surface area contributed by atoms with Crippen LogP contribution in [0.1, 0.15) is 17.5 Å². The van der Waals surface area contributed by atoms with E-state index in [-0.39, 0.29) is 6.23 Å². The molecule has 0 saturated carbocycles. The number of para-hydroxylation sites is 1. The lowest BCUT2D eigenvalue weighted by molar-refractivity contribution is 0.0483. The predicted molar refractivity (Wildman–Crippen MR) is 58.4 cm³/mol. The number of ether oxygens (including phenoxy) is 1. The van der Waals surface area contributed by atoms with E-state index in [9.17, 15) is 0 Å². The zero-order chi connectivity index (χ0) is 10.1. The molecule has 2 aromatic rings. The molecule has 1 unspecified atom stereocenters. The number of H-pyrrole nitrogens is 1. The van der Waals surface area contributed by atoms with E-state index in [1.165, 1.54) is 5.56 Å². The van der Waals surface area contributed by atoms with Gasteiger partial charge in [-0.3, -0.25) is 0 Å². The van der Waals surface area contributed by atoms with Crippen molar-refractivity contribution in [2.45, 2.75) is 12.8 Å². The summed E-state index contributed by atoms with van der Waals surface area (Å²) in [5.74, 6) is 0. The highest BCUT2D eigenvalue weighted by Gasteiger charge is 2.19. The van der Waals surface area contributed by atoms with Gasteiger partial charge in [0.15, 0.2) is 6.23 Å². The third kappa shape index (κ3) is 1.51. The SMILES string of the molecule is c1c[nH]c(C2Nc3ccccc3CO2)c1. The smallest absolute Gasteiger partial charge is 0.169 e. The molecular weight excluding hydrogens is 188 g/mol. The van der Waals surface area contributed by atoms with Crippen LogP contribution in [0.15, 0.2) is 42.6 Å². The number of aromatic amines is 1. The summed E-state index contributed by atoms with van der Waals surface area (Å²) in [5, 5.41) is 3.35. The van der Waals surface area contributed by atoms with Crippen LogP contribution in [0.25, 0.3) is 0 Å². The molecule has 2 N–H and O–H groups in total. The maximum atomic E-state index is 5.71.